The molecule has 3 N–H and O–H groups in total. The molecule has 0 aromatic carbocycles. The standard InChI is InChI=1S/C19H36N2O4S/c1-11(2)20-18(23)12(3)14-7-9-19(5)10-8-15(21-26(6,24)25)13(4)16(19)17(14)22/h11-17,21-22H,7-10H2,1-6H3,(H,20,23). The van der Waals surface area contributed by atoms with Gasteiger partial charge in [-0.05, 0) is 62.7 Å². The van der Waals surface area contributed by atoms with E-state index >= 15 is 0 Å². The Morgan fingerprint density at radius 3 is 2.31 bits per heavy atom. The Balaban J connectivity index is 2.20. The van der Waals surface area contributed by atoms with Gasteiger partial charge in [0, 0.05) is 18.0 Å². The predicted molar refractivity (Wildman–Crippen MR) is 103 cm³/mol. The van der Waals surface area contributed by atoms with Crippen molar-refractivity contribution in [3.8, 4) is 0 Å². The largest absolute Gasteiger partial charge is 0.392 e. The summed E-state index contributed by atoms with van der Waals surface area (Å²) in [7, 11) is -3.28. The highest BCUT2D eigenvalue weighted by molar-refractivity contribution is 7.88. The summed E-state index contributed by atoms with van der Waals surface area (Å²) in [6.45, 7) is 10.0. The smallest absolute Gasteiger partial charge is 0.223 e. The van der Waals surface area contributed by atoms with Crippen molar-refractivity contribution in [3.05, 3.63) is 0 Å². The topological polar surface area (TPSA) is 95.5 Å². The maximum atomic E-state index is 12.5. The van der Waals surface area contributed by atoms with Crippen LogP contribution in [0.25, 0.3) is 0 Å². The number of rotatable bonds is 5. The minimum Gasteiger partial charge on any atom is -0.392 e. The third-order valence-corrected chi connectivity index (χ3v) is 7.47. The van der Waals surface area contributed by atoms with Gasteiger partial charge in [-0.15, -0.1) is 0 Å². The number of nitrogens with one attached hydrogen (secondary N) is 2. The van der Waals surface area contributed by atoms with Crippen LogP contribution in [0.1, 0.15) is 60.3 Å². The molecule has 0 radical (unpaired) electrons. The fraction of sp³-hybridized carbons (Fsp3) is 0.947. The molecule has 2 aliphatic carbocycles. The highest BCUT2D eigenvalue weighted by Gasteiger charge is 2.53. The Kier molecular flexibility index (Phi) is 6.46. The van der Waals surface area contributed by atoms with Crippen molar-refractivity contribution in [2.45, 2.75) is 78.5 Å². The lowest BCUT2D eigenvalue weighted by molar-refractivity contribution is -0.142. The summed E-state index contributed by atoms with van der Waals surface area (Å²) in [6.07, 6.45) is 4.08. The third kappa shape index (κ3) is 4.60. The molecule has 0 aromatic rings. The van der Waals surface area contributed by atoms with E-state index in [1.807, 2.05) is 27.7 Å². The Morgan fingerprint density at radius 2 is 1.77 bits per heavy atom. The molecule has 2 fully saturated rings. The van der Waals surface area contributed by atoms with E-state index in [0.29, 0.717) is 0 Å². The van der Waals surface area contributed by atoms with Crippen LogP contribution in [-0.2, 0) is 14.8 Å². The zero-order chi connectivity index (χ0) is 19.9. The quantitative estimate of drug-likeness (QED) is 0.670. The molecule has 7 atom stereocenters. The van der Waals surface area contributed by atoms with Crippen LogP contribution in [0.3, 0.4) is 0 Å². The van der Waals surface area contributed by atoms with Gasteiger partial charge in [0.2, 0.25) is 15.9 Å². The second-order valence-electron chi connectivity index (χ2n) is 9.22. The van der Waals surface area contributed by atoms with Gasteiger partial charge in [0.1, 0.15) is 0 Å². The van der Waals surface area contributed by atoms with E-state index in [1.165, 1.54) is 6.26 Å². The van der Waals surface area contributed by atoms with E-state index < -0.39 is 16.1 Å². The minimum absolute atomic E-state index is 0.000733. The van der Waals surface area contributed by atoms with Crippen molar-refractivity contribution < 1.29 is 18.3 Å². The number of hydrogen-bond donors (Lipinski definition) is 3. The van der Waals surface area contributed by atoms with Crippen LogP contribution in [0.2, 0.25) is 0 Å². The first kappa shape index (κ1) is 21.6. The highest BCUT2D eigenvalue weighted by atomic mass is 32.2. The van der Waals surface area contributed by atoms with E-state index in [1.54, 1.807) is 0 Å². The first-order valence-corrected chi connectivity index (χ1v) is 11.7. The monoisotopic (exact) mass is 388 g/mol. The Labute approximate surface area is 158 Å². The third-order valence-electron chi connectivity index (χ3n) is 6.74. The maximum absolute atomic E-state index is 12.5. The zero-order valence-corrected chi connectivity index (χ0v) is 17.8. The van der Waals surface area contributed by atoms with Crippen LogP contribution in [0.5, 0.6) is 0 Å². The van der Waals surface area contributed by atoms with Gasteiger partial charge in [0.15, 0.2) is 0 Å². The van der Waals surface area contributed by atoms with Gasteiger partial charge in [0.25, 0.3) is 0 Å². The van der Waals surface area contributed by atoms with Crippen LogP contribution in [-0.4, -0.2) is 43.9 Å². The number of aliphatic hydroxyl groups is 1. The van der Waals surface area contributed by atoms with E-state index in [4.69, 9.17) is 0 Å². The number of sulfonamides is 1. The fourth-order valence-corrected chi connectivity index (χ4v) is 6.23. The number of amides is 1. The minimum atomic E-state index is -3.28. The number of fused-ring (bicyclic) bond motifs is 1. The second kappa shape index (κ2) is 7.76. The average Bonchev–Trinajstić information content (AvgIpc) is 2.48. The first-order chi connectivity index (χ1) is 11.9. The highest BCUT2D eigenvalue weighted by Crippen LogP contribution is 2.55. The first-order valence-electron chi connectivity index (χ1n) is 9.81. The lowest BCUT2D eigenvalue weighted by atomic mass is 9.52. The molecule has 1 amide bonds. The van der Waals surface area contributed by atoms with Gasteiger partial charge >= 0.3 is 0 Å². The van der Waals surface area contributed by atoms with E-state index in [2.05, 4.69) is 17.0 Å². The van der Waals surface area contributed by atoms with Crippen molar-refractivity contribution in [1.29, 1.82) is 0 Å². The molecular weight excluding hydrogens is 352 g/mol. The Bertz CT molecular complexity index is 621. The SMILES string of the molecule is CC(C)NC(=O)C(C)C1CCC2(C)CCC(NS(C)(=O)=O)C(C)C2C1O. The summed E-state index contributed by atoms with van der Waals surface area (Å²) in [6, 6.07) is -0.0795. The average molecular weight is 389 g/mol. The van der Waals surface area contributed by atoms with Crippen molar-refractivity contribution >= 4 is 15.9 Å². The molecular formula is C19H36N2O4S. The van der Waals surface area contributed by atoms with Crippen LogP contribution >= 0.6 is 0 Å². The van der Waals surface area contributed by atoms with Gasteiger partial charge in [0.05, 0.1) is 12.4 Å². The molecule has 0 aromatic heterocycles. The summed E-state index contributed by atoms with van der Waals surface area (Å²) >= 11 is 0. The molecule has 0 spiro atoms. The molecule has 0 aliphatic heterocycles. The van der Waals surface area contributed by atoms with Gasteiger partial charge < -0.3 is 10.4 Å². The van der Waals surface area contributed by atoms with E-state index in [9.17, 15) is 18.3 Å². The number of hydrogen-bond acceptors (Lipinski definition) is 4. The molecule has 2 aliphatic rings. The van der Waals surface area contributed by atoms with Gasteiger partial charge in [-0.3, -0.25) is 4.79 Å². The second-order valence-corrected chi connectivity index (χ2v) is 11.0. The summed E-state index contributed by atoms with van der Waals surface area (Å²) in [5.74, 6) is -0.342. The van der Waals surface area contributed by atoms with Gasteiger partial charge in [-0.1, -0.05) is 20.8 Å². The van der Waals surface area contributed by atoms with Crippen LogP contribution < -0.4 is 10.0 Å². The fourth-order valence-electron chi connectivity index (χ4n) is 5.35. The molecule has 7 unspecified atom stereocenters. The van der Waals surface area contributed by atoms with Crippen molar-refractivity contribution in [3.63, 3.8) is 0 Å². The molecule has 152 valence electrons. The lowest BCUT2D eigenvalue weighted by Gasteiger charge is -2.56. The van der Waals surface area contributed by atoms with Crippen molar-refractivity contribution in [1.82, 2.24) is 10.0 Å². The normalized spacial score (nSPS) is 39.3. The number of aliphatic hydroxyl groups excluding tert-OH is 1. The predicted octanol–water partition coefficient (Wildman–Crippen LogP) is 1.89. The van der Waals surface area contributed by atoms with Crippen molar-refractivity contribution in [2.24, 2.45) is 29.1 Å². The Morgan fingerprint density at radius 1 is 1.19 bits per heavy atom. The summed E-state index contributed by atoms with van der Waals surface area (Å²) in [5.41, 5.74) is -0.000733. The molecule has 7 heteroatoms. The maximum Gasteiger partial charge on any atom is 0.223 e. The van der Waals surface area contributed by atoms with E-state index in [-0.39, 0.29) is 47.1 Å². The van der Waals surface area contributed by atoms with Gasteiger partial charge in [-0.25, -0.2) is 13.1 Å². The molecule has 0 saturated heterocycles. The van der Waals surface area contributed by atoms with Crippen LogP contribution in [0.4, 0.5) is 0 Å². The Hall–Kier alpha value is -0.660. The molecule has 0 bridgehead atoms. The summed E-state index contributed by atoms with van der Waals surface area (Å²) in [5, 5.41) is 14.2. The molecule has 26 heavy (non-hydrogen) atoms. The van der Waals surface area contributed by atoms with E-state index in [0.717, 1.165) is 25.7 Å². The number of carbonyl (C=O) groups is 1. The molecule has 6 nitrogen and oxygen atoms in total. The summed E-state index contributed by atoms with van der Waals surface area (Å²) < 4.78 is 26.2. The number of carbonyl (C=O) groups excluding carboxylic acids is 1. The van der Waals surface area contributed by atoms with Crippen LogP contribution in [0.15, 0.2) is 0 Å². The zero-order valence-electron chi connectivity index (χ0n) is 17.0. The van der Waals surface area contributed by atoms with Crippen molar-refractivity contribution in [2.75, 3.05) is 6.26 Å². The van der Waals surface area contributed by atoms with Crippen LogP contribution in [0, 0.1) is 29.1 Å². The molecule has 0 heterocycles. The molecule has 2 rings (SSSR count). The summed E-state index contributed by atoms with van der Waals surface area (Å²) in [4.78, 5) is 12.5. The van der Waals surface area contributed by atoms with Gasteiger partial charge in [-0.2, -0.15) is 0 Å². The molecule has 2 saturated carbocycles. The lowest BCUT2D eigenvalue weighted by Crippen LogP contribution is -2.58.